The summed E-state index contributed by atoms with van der Waals surface area (Å²) < 4.78 is 0. The molecule has 0 saturated heterocycles. The van der Waals surface area contributed by atoms with Gasteiger partial charge in [-0.25, -0.2) is 0 Å². The zero-order valence-electron chi connectivity index (χ0n) is 11.6. The van der Waals surface area contributed by atoms with Crippen molar-refractivity contribution in [2.24, 2.45) is 5.50 Å². The van der Waals surface area contributed by atoms with Gasteiger partial charge in [-0.3, -0.25) is 0 Å². The van der Waals surface area contributed by atoms with Crippen LogP contribution < -0.4 is 33.8 Å². The van der Waals surface area contributed by atoms with Gasteiger partial charge in [0.1, 0.15) is 15.9 Å². The van der Waals surface area contributed by atoms with Crippen LogP contribution >= 0.6 is 7.41 Å². The summed E-state index contributed by atoms with van der Waals surface area (Å²) in [6, 6.07) is 31.2. The normalized spacial score (nSPS) is 10.7. The summed E-state index contributed by atoms with van der Waals surface area (Å²) in [4.78, 5) is 0. The third-order valence-corrected chi connectivity index (χ3v) is 6.83. The van der Waals surface area contributed by atoms with Crippen LogP contribution in [0, 0.1) is 0 Å². The van der Waals surface area contributed by atoms with E-state index in [2.05, 4.69) is 72.8 Å². The van der Waals surface area contributed by atoms with Gasteiger partial charge in [0.2, 0.25) is 0 Å². The molecule has 0 aliphatic heterocycles. The molecule has 1 nitrogen and oxygen atoms in total. The fourth-order valence-corrected chi connectivity index (χ4v) is 5.26. The molecule has 3 heteroatoms. The maximum Gasteiger partial charge on any atom is 0.175 e. The predicted molar refractivity (Wildman–Crippen MR) is 89.3 cm³/mol. The van der Waals surface area contributed by atoms with E-state index in [1.54, 1.807) is 0 Å². The van der Waals surface area contributed by atoms with Crippen LogP contribution in [0.2, 0.25) is 0 Å². The van der Waals surface area contributed by atoms with Crippen LogP contribution in [0.15, 0.2) is 91.0 Å². The standard InChI is InChI=1S/C18H17NP.ClH/c19-20(16-10-4-1-5-11-16,17-12-6-2-7-13-17)18-14-8-3-9-15-18;/h1-15H,19H2;1H/q+1;/p-1. The topological polar surface area (TPSA) is 26.0 Å². The Bertz CT molecular complexity index is 575. The van der Waals surface area contributed by atoms with Crippen LogP contribution in [0.25, 0.3) is 0 Å². The summed E-state index contributed by atoms with van der Waals surface area (Å²) in [6.07, 6.45) is 0. The number of hydrogen-bond donors (Lipinski definition) is 1. The Hall–Kier alpha value is -1.66. The molecule has 3 aromatic carbocycles. The second-order valence-corrected chi connectivity index (χ2v) is 7.72. The van der Waals surface area contributed by atoms with Crippen LogP contribution in [0.1, 0.15) is 0 Å². The first-order valence-corrected chi connectivity index (χ1v) is 8.52. The molecule has 0 unspecified atom stereocenters. The average molecular weight is 314 g/mol. The van der Waals surface area contributed by atoms with Crippen molar-refractivity contribution >= 4 is 23.3 Å². The van der Waals surface area contributed by atoms with Gasteiger partial charge in [-0.2, -0.15) is 5.50 Å². The van der Waals surface area contributed by atoms with E-state index in [4.69, 9.17) is 5.50 Å². The van der Waals surface area contributed by atoms with Crippen molar-refractivity contribution in [1.29, 1.82) is 0 Å². The van der Waals surface area contributed by atoms with Crippen molar-refractivity contribution in [3.05, 3.63) is 91.0 Å². The molecule has 21 heavy (non-hydrogen) atoms. The lowest BCUT2D eigenvalue weighted by Crippen LogP contribution is -3.00. The Morgan fingerprint density at radius 1 is 0.476 bits per heavy atom. The van der Waals surface area contributed by atoms with Gasteiger partial charge >= 0.3 is 0 Å². The highest BCUT2D eigenvalue weighted by Gasteiger charge is 2.41. The molecule has 0 saturated carbocycles. The lowest BCUT2D eigenvalue weighted by atomic mass is 10.4. The molecule has 0 fully saturated rings. The highest BCUT2D eigenvalue weighted by Crippen LogP contribution is 2.46. The third kappa shape index (κ3) is 3.01. The summed E-state index contributed by atoms with van der Waals surface area (Å²) in [5.74, 6) is 0. The first kappa shape index (κ1) is 15.7. The van der Waals surface area contributed by atoms with Crippen molar-refractivity contribution in [3.8, 4) is 0 Å². The maximum atomic E-state index is 6.97. The molecule has 3 aromatic rings. The zero-order chi connectivity index (χ0) is 13.8. The minimum absolute atomic E-state index is 0. The smallest absolute Gasteiger partial charge is 0.175 e. The number of halogens is 1. The van der Waals surface area contributed by atoms with E-state index in [-0.39, 0.29) is 12.4 Å². The molecule has 0 heterocycles. The minimum atomic E-state index is -2.03. The van der Waals surface area contributed by atoms with Crippen molar-refractivity contribution in [3.63, 3.8) is 0 Å². The molecular weight excluding hydrogens is 297 g/mol. The highest BCUT2D eigenvalue weighted by atomic mass is 35.5. The zero-order valence-corrected chi connectivity index (χ0v) is 13.2. The average Bonchev–Trinajstić information content (AvgIpc) is 2.56. The highest BCUT2D eigenvalue weighted by molar-refractivity contribution is 7.93. The number of hydrogen-bond acceptors (Lipinski definition) is 1. The van der Waals surface area contributed by atoms with Crippen molar-refractivity contribution in [1.82, 2.24) is 0 Å². The van der Waals surface area contributed by atoms with Crippen LogP contribution in [0.5, 0.6) is 0 Å². The van der Waals surface area contributed by atoms with Crippen LogP contribution in [-0.2, 0) is 0 Å². The molecule has 0 aromatic heterocycles. The fourth-order valence-electron chi connectivity index (χ4n) is 2.44. The molecule has 0 amide bonds. The number of benzene rings is 3. The Morgan fingerprint density at radius 3 is 0.952 bits per heavy atom. The molecule has 0 atom stereocenters. The molecule has 3 rings (SSSR count). The maximum absolute atomic E-state index is 6.97. The first-order chi connectivity index (χ1) is 9.82. The summed E-state index contributed by atoms with van der Waals surface area (Å²) in [5.41, 5.74) is 6.97. The van der Waals surface area contributed by atoms with E-state index in [0.29, 0.717) is 0 Å². The molecular formula is C18H17ClNP. The second-order valence-electron chi connectivity index (χ2n) is 4.73. The van der Waals surface area contributed by atoms with Crippen LogP contribution in [0.4, 0.5) is 0 Å². The van der Waals surface area contributed by atoms with E-state index >= 15 is 0 Å². The molecule has 0 aliphatic carbocycles. The SMILES string of the molecule is N[P+](c1ccccc1)(c1ccccc1)c1ccccc1.[Cl-]. The quantitative estimate of drug-likeness (QED) is 0.669. The van der Waals surface area contributed by atoms with Gasteiger partial charge in [-0.15, -0.1) is 0 Å². The molecule has 0 radical (unpaired) electrons. The molecule has 0 bridgehead atoms. The largest absolute Gasteiger partial charge is 1.00 e. The lowest BCUT2D eigenvalue weighted by molar-refractivity contribution is -0.00000397. The molecule has 2 N–H and O–H groups in total. The fraction of sp³-hybridized carbons (Fsp3) is 0. The Balaban J connectivity index is 0.00000161. The van der Waals surface area contributed by atoms with E-state index < -0.39 is 7.41 Å². The summed E-state index contributed by atoms with van der Waals surface area (Å²) >= 11 is 0. The number of rotatable bonds is 3. The van der Waals surface area contributed by atoms with E-state index in [1.165, 1.54) is 15.9 Å². The Morgan fingerprint density at radius 2 is 0.714 bits per heavy atom. The third-order valence-electron chi connectivity index (χ3n) is 3.49. The van der Waals surface area contributed by atoms with Gasteiger partial charge in [-0.1, -0.05) is 54.6 Å². The van der Waals surface area contributed by atoms with Gasteiger partial charge in [0.15, 0.2) is 7.41 Å². The summed E-state index contributed by atoms with van der Waals surface area (Å²) in [5, 5.41) is 3.62. The van der Waals surface area contributed by atoms with Gasteiger partial charge in [0.05, 0.1) is 0 Å². The first-order valence-electron chi connectivity index (χ1n) is 6.66. The van der Waals surface area contributed by atoms with Crippen LogP contribution in [0.3, 0.4) is 0 Å². The van der Waals surface area contributed by atoms with Gasteiger partial charge in [0, 0.05) is 0 Å². The van der Waals surface area contributed by atoms with Gasteiger partial charge in [0.25, 0.3) is 0 Å². The Labute approximate surface area is 132 Å². The lowest BCUT2D eigenvalue weighted by Gasteiger charge is -2.21. The van der Waals surface area contributed by atoms with Gasteiger partial charge in [-0.05, 0) is 36.4 Å². The minimum Gasteiger partial charge on any atom is -1.00 e. The van der Waals surface area contributed by atoms with Crippen molar-refractivity contribution in [2.45, 2.75) is 0 Å². The molecule has 0 spiro atoms. The van der Waals surface area contributed by atoms with E-state index in [9.17, 15) is 0 Å². The predicted octanol–water partition coefficient (Wildman–Crippen LogP) is -0.142. The monoisotopic (exact) mass is 313 g/mol. The van der Waals surface area contributed by atoms with E-state index in [0.717, 1.165) is 0 Å². The van der Waals surface area contributed by atoms with Crippen LogP contribution in [-0.4, -0.2) is 0 Å². The summed E-state index contributed by atoms with van der Waals surface area (Å²) in [6.45, 7) is 0. The number of nitrogens with two attached hydrogens (primary N) is 1. The van der Waals surface area contributed by atoms with E-state index in [1.807, 2.05) is 18.2 Å². The second kappa shape index (κ2) is 6.87. The summed E-state index contributed by atoms with van der Waals surface area (Å²) in [7, 11) is -2.03. The Kier molecular flexibility index (Phi) is 5.14. The molecule has 106 valence electrons. The van der Waals surface area contributed by atoms with Gasteiger partial charge < -0.3 is 12.4 Å². The van der Waals surface area contributed by atoms with Crippen molar-refractivity contribution < 1.29 is 12.4 Å². The molecule has 0 aliphatic rings. The van der Waals surface area contributed by atoms with Crippen molar-refractivity contribution in [2.75, 3.05) is 0 Å².